The summed E-state index contributed by atoms with van der Waals surface area (Å²) in [5.74, 6) is -0.309. The Morgan fingerprint density at radius 3 is 2.41 bits per heavy atom. The number of nitrogens with zero attached hydrogens (tertiary/aromatic N) is 1. The highest BCUT2D eigenvalue weighted by Gasteiger charge is 2.12. The number of carbonyl (C=O) groups excluding carboxylic acids is 1. The summed E-state index contributed by atoms with van der Waals surface area (Å²) in [4.78, 5) is 11.3. The third kappa shape index (κ3) is 3.07. The van der Waals surface area contributed by atoms with Crippen molar-refractivity contribution in [2.24, 2.45) is 0 Å². The number of ether oxygens (including phenoxy) is 1. The van der Waals surface area contributed by atoms with Gasteiger partial charge in [0.1, 0.15) is 0 Å². The lowest BCUT2D eigenvalue weighted by atomic mass is 9.94. The zero-order valence-corrected chi connectivity index (χ0v) is 10.5. The van der Waals surface area contributed by atoms with E-state index in [0.29, 0.717) is 5.56 Å². The quantitative estimate of drug-likeness (QED) is 0.748. The van der Waals surface area contributed by atoms with Crippen LogP contribution in [0, 0.1) is 11.3 Å². The van der Waals surface area contributed by atoms with Gasteiger partial charge in [-0.1, -0.05) is 26.0 Å². The van der Waals surface area contributed by atoms with Crippen molar-refractivity contribution in [2.75, 3.05) is 7.11 Å². The third-order valence-electron chi connectivity index (χ3n) is 2.82. The predicted molar refractivity (Wildman–Crippen MR) is 65.6 cm³/mol. The van der Waals surface area contributed by atoms with Gasteiger partial charge in [-0.2, -0.15) is 5.26 Å². The summed E-state index contributed by atoms with van der Waals surface area (Å²) < 4.78 is 4.65. The van der Waals surface area contributed by atoms with Gasteiger partial charge in [-0.3, -0.25) is 4.79 Å². The topological polar surface area (TPSA) is 50.1 Å². The highest BCUT2D eigenvalue weighted by atomic mass is 16.5. The fraction of sp³-hybridized carbons (Fsp3) is 0.429. The molecule has 0 saturated carbocycles. The lowest BCUT2D eigenvalue weighted by Gasteiger charge is -2.10. The Morgan fingerprint density at radius 2 is 1.94 bits per heavy atom. The Morgan fingerprint density at radius 1 is 1.29 bits per heavy atom. The SMILES string of the molecule is CCc1cc(CC)c(C#N)c(CC(=O)OC)c1. The zero-order chi connectivity index (χ0) is 12.8. The van der Waals surface area contributed by atoms with Crippen molar-refractivity contribution in [3.05, 3.63) is 34.4 Å². The summed E-state index contributed by atoms with van der Waals surface area (Å²) in [5, 5.41) is 9.18. The molecule has 1 aromatic rings. The first-order valence-electron chi connectivity index (χ1n) is 5.77. The first kappa shape index (κ1) is 13.2. The van der Waals surface area contributed by atoms with E-state index >= 15 is 0 Å². The molecule has 0 fully saturated rings. The molecule has 0 aromatic heterocycles. The first-order chi connectivity index (χ1) is 8.15. The van der Waals surface area contributed by atoms with Crippen LogP contribution in [0.4, 0.5) is 0 Å². The Kier molecular flexibility index (Phi) is 4.71. The molecule has 90 valence electrons. The van der Waals surface area contributed by atoms with Crippen LogP contribution in [0.25, 0.3) is 0 Å². The van der Waals surface area contributed by atoms with Crippen LogP contribution in [-0.2, 0) is 28.8 Å². The van der Waals surface area contributed by atoms with Gasteiger partial charge in [0.2, 0.25) is 0 Å². The summed E-state index contributed by atoms with van der Waals surface area (Å²) in [6.07, 6.45) is 1.86. The number of carbonyl (C=O) groups is 1. The van der Waals surface area contributed by atoms with Crippen LogP contribution < -0.4 is 0 Å². The molecular formula is C14H17NO2. The Bertz CT molecular complexity index is 458. The summed E-state index contributed by atoms with van der Waals surface area (Å²) >= 11 is 0. The number of hydrogen-bond donors (Lipinski definition) is 0. The van der Waals surface area contributed by atoms with Gasteiger partial charge in [0.15, 0.2) is 0 Å². The van der Waals surface area contributed by atoms with Crippen LogP contribution in [0.15, 0.2) is 12.1 Å². The van der Waals surface area contributed by atoms with E-state index in [-0.39, 0.29) is 12.4 Å². The Balaban J connectivity index is 3.25. The molecule has 3 nitrogen and oxygen atoms in total. The second-order valence-corrected chi connectivity index (χ2v) is 3.86. The number of methoxy groups -OCH3 is 1. The van der Waals surface area contributed by atoms with Crippen LogP contribution in [-0.4, -0.2) is 13.1 Å². The lowest BCUT2D eigenvalue weighted by molar-refractivity contribution is -0.139. The van der Waals surface area contributed by atoms with Gasteiger partial charge in [-0.25, -0.2) is 0 Å². The summed E-state index contributed by atoms with van der Waals surface area (Å²) in [5.41, 5.74) is 3.55. The van der Waals surface area contributed by atoms with Crippen LogP contribution in [0.5, 0.6) is 0 Å². The summed E-state index contributed by atoms with van der Waals surface area (Å²) in [6, 6.07) is 6.15. The average molecular weight is 231 g/mol. The van der Waals surface area contributed by atoms with Gasteiger partial charge in [0, 0.05) is 0 Å². The van der Waals surface area contributed by atoms with Crippen LogP contribution in [0.1, 0.15) is 36.1 Å². The molecule has 0 heterocycles. The summed E-state index contributed by atoms with van der Waals surface area (Å²) in [6.45, 7) is 4.07. The van der Waals surface area contributed by atoms with E-state index in [4.69, 9.17) is 0 Å². The van der Waals surface area contributed by atoms with Crippen molar-refractivity contribution in [2.45, 2.75) is 33.1 Å². The molecule has 0 radical (unpaired) electrons. The molecule has 0 atom stereocenters. The maximum absolute atomic E-state index is 11.3. The van der Waals surface area contributed by atoms with E-state index in [1.807, 2.05) is 19.1 Å². The number of hydrogen-bond acceptors (Lipinski definition) is 3. The fourth-order valence-electron chi connectivity index (χ4n) is 1.83. The molecule has 1 aromatic carbocycles. The minimum atomic E-state index is -0.309. The number of rotatable bonds is 4. The first-order valence-corrected chi connectivity index (χ1v) is 5.77. The number of aryl methyl sites for hydroxylation is 2. The molecule has 0 aliphatic rings. The van der Waals surface area contributed by atoms with Gasteiger partial charge < -0.3 is 4.74 Å². The van der Waals surface area contributed by atoms with Crippen LogP contribution in [0.2, 0.25) is 0 Å². The molecule has 0 saturated heterocycles. The lowest BCUT2D eigenvalue weighted by Crippen LogP contribution is -2.08. The number of benzene rings is 1. The van der Waals surface area contributed by atoms with Crippen molar-refractivity contribution in [3.8, 4) is 6.07 Å². The predicted octanol–water partition coefficient (Wildman–Crippen LogP) is 2.40. The Labute approximate surface area is 102 Å². The maximum atomic E-state index is 11.3. The van der Waals surface area contributed by atoms with E-state index in [1.165, 1.54) is 7.11 Å². The number of nitriles is 1. The van der Waals surface area contributed by atoms with Gasteiger partial charge in [0.05, 0.1) is 25.2 Å². The molecule has 0 spiro atoms. The second-order valence-electron chi connectivity index (χ2n) is 3.86. The zero-order valence-electron chi connectivity index (χ0n) is 10.5. The van der Waals surface area contributed by atoms with Gasteiger partial charge in [-0.15, -0.1) is 0 Å². The third-order valence-corrected chi connectivity index (χ3v) is 2.82. The minimum Gasteiger partial charge on any atom is -0.469 e. The molecule has 0 unspecified atom stereocenters. The average Bonchev–Trinajstić information content (AvgIpc) is 2.37. The molecular weight excluding hydrogens is 214 g/mol. The minimum absolute atomic E-state index is 0.167. The molecule has 0 aliphatic heterocycles. The van der Waals surface area contributed by atoms with E-state index in [1.54, 1.807) is 0 Å². The molecule has 3 heteroatoms. The van der Waals surface area contributed by atoms with Crippen LogP contribution >= 0.6 is 0 Å². The standard InChI is InChI=1S/C14H17NO2/c1-4-10-6-11(5-2)13(9-15)12(7-10)8-14(16)17-3/h6-7H,4-5,8H2,1-3H3. The van der Waals surface area contributed by atoms with Gasteiger partial charge in [0.25, 0.3) is 0 Å². The highest BCUT2D eigenvalue weighted by Crippen LogP contribution is 2.19. The fourth-order valence-corrected chi connectivity index (χ4v) is 1.83. The largest absolute Gasteiger partial charge is 0.469 e. The Hall–Kier alpha value is -1.82. The van der Waals surface area contributed by atoms with Crippen molar-refractivity contribution >= 4 is 5.97 Å². The van der Waals surface area contributed by atoms with Crippen molar-refractivity contribution in [1.82, 2.24) is 0 Å². The molecule has 0 aliphatic carbocycles. The molecule has 17 heavy (non-hydrogen) atoms. The van der Waals surface area contributed by atoms with Crippen LogP contribution in [0.3, 0.4) is 0 Å². The summed E-state index contributed by atoms with van der Waals surface area (Å²) in [7, 11) is 1.36. The van der Waals surface area contributed by atoms with E-state index in [2.05, 4.69) is 17.7 Å². The highest BCUT2D eigenvalue weighted by molar-refractivity contribution is 5.74. The van der Waals surface area contributed by atoms with Gasteiger partial charge >= 0.3 is 5.97 Å². The van der Waals surface area contributed by atoms with Gasteiger partial charge in [-0.05, 0) is 29.5 Å². The maximum Gasteiger partial charge on any atom is 0.310 e. The van der Waals surface area contributed by atoms with E-state index in [0.717, 1.165) is 29.5 Å². The van der Waals surface area contributed by atoms with E-state index < -0.39 is 0 Å². The normalized spacial score (nSPS) is 9.76. The van der Waals surface area contributed by atoms with Crippen molar-refractivity contribution < 1.29 is 9.53 Å². The smallest absolute Gasteiger partial charge is 0.310 e. The van der Waals surface area contributed by atoms with Crippen molar-refractivity contribution in [3.63, 3.8) is 0 Å². The van der Waals surface area contributed by atoms with E-state index in [9.17, 15) is 10.1 Å². The second kappa shape index (κ2) is 6.05. The monoisotopic (exact) mass is 231 g/mol. The molecule has 0 N–H and O–H groups in total. The molecule has 0 amide bonds. The molecule has 1 rings (SSSR count). The number of esters is 1. The van der Waals surface area contributed by atoms with Crippen molar-refractivity contribution in [1.29, 1.82) is 5.26 Å². The molecule has 0 bridgehead atoms.